The molecule has 284 valence electrons. The number of pyridine rings is 2. The van der Waals surface area contributed by atoms with Crippen molar-refractivity contribution >= 4 is 28.6 Å². The van der Waals surface area contributed by atoms with E-state index in [9.17, 15) is 14.4 Å². The zero-order valence-corrected chi connectivity index (χ0v) is 32.5. The number of nitrogens with zero attached hydrogens (tertiary/aromatic N) is 3. The van der Waals surface area contributed by atoms with Gasteiger partial charge in [0, 0.05) is 48.6 Å². The van der Waals surface area contributed by atoms with Crippen molar-refractivity contribution < 1.29 is 28.6 Å². The van der Waals surface area contributed by atoms with Crippen molar-refractivity contribution in [2.75, 3.05) is 27.3 Å². The second-order valence-corrected chi connectivity index (χ2v) is 15.1. The highest BCUT2D eigenvalue weighted by atomic mass is 16.5. The number of benzene rings is 1. The molecule has 0 spiro atoms. The minimum absolute atomic E-state index is 0.0273. The molecule has 5 atom stereocenters. The van der Waals surface area contributed by atoms with Crippen molar-refractivity contribution in [2.24, 2.45) is 23.2 Å². The topological polar surface area (TPSA) is 108 Å². The number of aryl methyl sites for hydroxylation is 1. The molecule has 1 unspecified atom stereocenters. The van der Waals surface area contributed by atoms with Crippen LogP contribution in [0.5, 0.6) is 11.5 Å². The molecule has 9 nitrogen and oxygen atoms in total. The fraction of sp³-hybridized carbons (Fsp3) is 0.523. The number of amides is 1. The zero-order chi connectivity index (χ0) is 38.3. The molecule has 3 aromatic rings. The number of esters is 1. The molecule has 2 aliphatic carbocycles. The van der Waals surface area contributed by atoms with Gasteiger partial charge in [-0.15, -0.1) is 13.2 Å². The zero-order valence-electron chi connectivity index (χ0n) is 32.5. The number of allylic oxidation sites excluding steroid dienone is 2. The van der Waals surface area contributed by atoms with E-state index in [4.69, 9.17) is 24.2 Å². The van der Waals surface area contributed by atoms with Crippen LogP contribution in [0.2, 0.25) is 0 Å². The minimum Gasteiger partial charge on any atom is -0.496 e. The van der Waals surface area contributed by atoms with Crippen LogP contribution in [0.3, 0.4) is 0 Å². The Kier molecular flexibility index (Phi) is 13.1. The van der Waals surface area contributed by atoms with E-state index in [-0.39, 0.29) is 42.0 Å². The number of Topliss-reactive ketones (excluding diaryl/α,β-unsaturated/α-hetero) is 1. The van der Waals surface area contributed by atoms with Gasteiger partial charge < -0.3 is 19.1 Å². The van der Waals surface area contributed by atoms with E-state index in [0.717, 1.165) is 52.9 Å². The maximum atomic E-state index is 14.1. The highest BCUT2D eigenvalue weighted by molar-refractivity contribution is 5.92. The smallest absolute Gasteiger partial charge is 0.312 e. The Morgan fingerprint density at radius 1 is 1.02 bits per heavy atom. The lowest BCUT2D eigenvalue weighted by Gasteiger charge is -2.24. The summed E-state index contributed by atoms with van der Waals surface area (Å²) in [4.78, 5) is 52.7. The molecule has 0 N–H and O–H groups in total. The molecule has 9 heteroatoms. The summed E-state index contributed by atoms with van der Waals surface area (Å²) in [6, 6.07) is 11.8. The summed E-state index contributed by atoms with van der Waals surface area (Å²) in [5.74, 6) is 0.485. The van der Waals surface area contributed by atoms with E-state index in [1.807, 2.05) is 62.5 Å². The number of carbonyl (C=O) groups excluding carboxylic acids is 3. The van der Waals surface area contributed by atoms with Gasteiger partial charge in [0.15, 0.2) is 0 Å². The molecule has 2 aromatic heterocycles. The lowest BCUT2D eigenvalue weighted by Crippen LogP contribution is -2.37. The summed E-state index contributed by atoms with van der Waals surface area (Å²) in [5, 5.41) is 0.828. The fourth-order valence-electron chi connectivity index (χ4n) is 7.98. The summed E-state index contributed by atoms with van der Waals surface area (Å²) in [7, 11) is 3.47. The van der Waals surface area contributed by atoms with Crippen LogP contribution in [0.1, 0.15) is 95.7 Å². The summed E-state index contributed by atoms with van der Waals surface area (Å²) in [6.07, 6.45) is 8.98. The SMILES string of the molecule is C=CCCCCN(C)C(=O)[C@@H]1C[C@H](Oc2cc(-c3cccc(C(C)C)n3)nc3c(C)c(OC)ccc23)C[C@H]1C(=O)CCCC1(C(=O)OCC)C[C@H]1C=C. The fourth-order valence-corrected chi connectivity index (χ4v) is 7.98. The second-order valence-electron chi connectivity index (χ2n) is 15.1. The summed E-state index contributed by atoms with van der Waals surface area (Å²) < 4.78 is 17.9. The molecule has 53 heavy (non-hydrogen) atoms. The monoisotopic (exact) mass is 723 g/mol. The highest BCUT2D eigenvalue weighted by Crippen LogP contribution is 2.57. The Morgan fingerprint density at radius 3 is 2.47 bits per heavy atom. The molecular formula is C44H57N3O6. The van der Waals surface area contributed by atoms with E-state index in [0.29, 0.717) is 56.7 Å². The van der Waals surface area contributed by atoms with Gasteiger partial charge in [0.2, 0.25) is 5.91 Å². The number of rotatable bonds is 19. The minimum atomic E-state index is -0.593. The average molecular weight is 724 g/mol. The van der Waals surface area contributed by atoms with Gasteiger partial charge in [-0.1, -0.05) is 32.1 Å². The molecular weight excluding hydrogens is 666 g/mol. The molecule has 1 amide bonds. The second kappa shape index (κ2) is 17.5. The van der Waals surface area contributed by atoms with Crippen LogP contribution >= 0.6 is 0 Å². The maximum Gasteiger partial charge on any atom is 0.312 e. The third-order valence-electron chi connectivity index (χ3n) is 11.2. The quantitative estimate of drug-likeness (QED) is 0.0686. The largest absolute Gasteiger partial charge is 0.496 e. The highest BCUT2D eigenvalue weighted by Gasteiger charge is 2.59. The molecule has 2 saturated carbocycles. The van der Waals surface area contributed by atoms with Crippen LogP contribution in [-0.4, -0.2) is 65.9 Å². The van der Waals surface area contributed by atoms with Crippen LogP contribution in [0.4, 0.5) is 0 Å². The number of hydrogen-bond acceptors (Lipinski definition) is 8. The normalized spacial score (nSPS) is 22.0. The number of unbranched alkanes of at least 4 members (excludes halogenated alkanes) is 2. The molecule has 1 aromatic carbocycles. The molecule has 5 rings (SSSR count). The van der Waals surface area contributed by atoms with Gasteiger partial charge in [-0.05, 0) is 101 Å². The first-order valence-corrected chi connectivity index (χ1v) is 19.3. The summed E-state index contributed by atoms with van der Waals surface area (Å²) in [6.45, 7) is 16.7. The van der Waals surface area contributed by atoms with Gasteiger partial charge in [-0.3, -0.25) is 19.4 Å². The number of fused-ring (bicyclic) bond motifs is 1. The molecule has 0 aliphatic heterocycles. The molecule has 0 saturated heterocycles. The third-order valence-corrected chi connectivity index (χ3v) is 11.2. The lowest BCUT2D eigenvalue weighted by atomic mass is 9.87. The van der Waals surface area contributed by atoms with Gasteiger partial charge in [0.05, 0.1) is 42.0 Å². The number of methoxy groups -OCH3 is 1. The van der Waals surface area contributed by atoms with E-state index in [1.54, 1.807) is 18.9 Å². The Bertz CT molecular complexity index is 1820. The number of hydrogen-bond donors (Lipinski definition) is 0. The van der Waals surface area contributed by atoms with E-state index >= 15 is 0 Å². The number of carbonyl (C=O) groups is 3. The van der Waals surface area contributed by atoms with Gasteiger partial charge in [-0.2, -0.15) is 0 Å². The summed E-state index contributed by atoms with van der Waals surface area (Å²) >= 11 is 0. The molecule has 0 radical (unpaired) electrons. The third kappa shape index (κ3) is 8.82. The number of ketones is 1. The average Bonchev–Trinajstić information content (AvgIpc) is 3.73. The predicted molar refractivity (Wildman–Crippen MR) is 209 cm³/mol. The molecule has 2 fully saturated rings. The Labute approximate surface area is 315 Å². The first kappa shape index (κ1) is 39.7. The predicted octanol–water partition coefficient (Wildman–Crippen LogP) is 8.82. The van der Waals surface area contributed by atoms with Crippen molar-refractivity contribution in [1.29, 1.82) is 0 Å². The van der Waals surface area contributed by atoms with Crippen LogP contribution in [0.15, 0.2) is 61.7 Å². The van der Waals surface area contributed by atoms with Gasteiger partial charge in [0.25, 0.3) is 0 Å². The molecule has 0 bridgehead atoms. The number of ether oxygens (including phenoxy) is 3. The van der Waals surface area contributed by atoms with Gasteiger partial charge in [-0.25, -0.2) is 4.98 Å². The first-order chi connectivity index (χ1) is 25.5. The van der Waals surface area contributed by atoms with Crippen LogP contribution in [0, 0.1) is 30.1 Å². The van der Waals surface area contributed by atoms with Crippen molar-refractivity contribution in [3.05, 3.63) is 73.0 Å². The van der Waals surface area contributed by atoms with E-state index in [2.05, 4.69) is 27.0 Å². The van der Waals surface area contributed by atoms with E-state index < -0.39 is 17.3 Å². The Hall–Kier alpha value is -4.53. The standard InChI is InChI=1S/C44H57N3O6/c1-9-12-13-14-23-47(7)42(49)34-25-31(24-33(34)38(48)19-16-22-44(27-30(44)10-2)43(50)52-11-3)53-40-26-37(36-18-15-17-35(45-36)28(4)5)46-41-29(6)39(51-8)21-20-32(40)41/h9-10,15,17-18,20-21,26,28,30-31,33-34H,1-2,11-14,16,19,22-25,27H2,3-8H3/t30-,31-,33-,34-,44?/m1/s1. The Balaban J connectivity index is 1.42. The van der Waals surface area contributed by atoms with Crippen molar-refractivity contribution in [2.45, 2.75) is 97.5 Å². The van der Waals surface area contributed by atoms with Crippen molar-refractivity contribution in [3.63, 3.8) is 0 Å². The van der Waals surface area contributed by atoms with Gasteiger partial charge in [0.1, 0.15) is 23.4 Å². The van der Waals surface area contributed by atoms with Crippen LogP contribution < -0.4 is 9.47 Å². The van der Waals surface area contributed by atoms with Gasteiger partial charge >= 0.3 is 5.97 Å². The first-order valence-electron chi connectivity index (χ1n) is 19.3. The number of aromatic nitrogens is 2. The van der Waals surface area contributed by atoms with E-state index in [1.165, 1.54) is 0 Å². The van der Waals surface area contributed by atoms with Crippen LogP contribution in [0.25, 0.3) is 22.3 Å². The molecule has 2 aliphatic rings. The molecule has 2 heterocycles. The Morgan fingerprint density at radius 2 is 1.79 bits per heavy atom. The lowest BCUT2D eigenvalue weighted by molar-refractivity contribution is -0.150. The van der Waals surface area contributed by atoms with Crippen molar-refractivity contribution in [1.82, 2.24) is 14.9 Å². The maximum absolute atomic E-state index is 14.1. The van der Waals surface area contributed by atoms with Crippen molar-refractivity contribution in [3.8, 4) is 22.9 Å². The summed E-state index contributed by atoms with van der Waals surface area (Å²) in [5.41, 5.74) is 3.43. The van der Waals surface area contributed by atoms with Crippen LogP contribution in [-0.2, 0) is 19.1 Å².